The average molecular weight is 371 g/mol. The number of hydrogen-bond acceptors (Lipinski definition) is 4. The summed E-state index contributed by atoms with van der Waals surface area (Å²) >= 11 is 0. The van der Waals surface area contributed by atoms with Crippen LogP contribution in [0.5, 0.6) is 0 Å². The highest BCUT2D eigenvalue weighted by molar-refractivity contribution is 6.52. The van der Waals surface area contributed by atoms with Gasteiger partial charge in [-0.3, -0.25) is 14.4 Å². The Morgan fingerprint density at radius 3 is 2.37 bits per heavy atom. The van der Waals surface area contributed by atoms with Crippen molar-refractivity contribution in [3.05, 3.63) is 41.0 Å². The number of carbonyl (C=O) groups excluding carboxylic acids is 3. The number of Topliss-reactive ketones (excluding diaryl/α,β-unsaturated/α-hetero) is 2. The van der Waals surface area contributed by atoms with Crippen LogP contribution in [0.15, 0.2) is 29.8 Å². The van der Waals surface area contributed by atoms with Crippen LogP contribution < -0.4 is 5.32 Å². The van der Waals surface area contributed by atoms with Gasteiger partial charge in [-0.1, -0.05) is 64.3 Å². The van der Waals surface area contributed by atoms with Crippen molar-refractivity contribution in [1.82, 2.24) is 5.32 Å². The zero-order valence-electron chi connectivity index (χ0n) is 16.4. The van der Waals surface area contributed by atoms with E-state index in [4.69, 9.17) is 0 Å². The third-order valence-electron chi connectivity index (χ3n) is 4.87. The molecule has 0 unspecified atom stereocenters. The smallest absolute Gasteiger partial charge is 0.234 e. The molecule has 0 radical (unpaired) electrons. The molecule has 0 heterocycles. The molecular weight excluding hydrogens is 342 g/mol. The molecule has 2 N–H and O–H groups in total. The number of amides is 1. The summed E-state index contributed by atoms with van der Waals surface area (Å²) in [6, 6.07) is 6.58. The molecule has 0 fully saturated rings. The maximum atomic E-state index is 12.5. The summed E-state index contributed by atoms with van der Waals surface area (Å²) in [6.07, 6.45) is 4.88. The number of unbranched alkanes of at least 4 members (excludes halogenated alkanes) is 3. The van der Waals surface area contributed by atoms with Gasteiger partial charge in [-0.15, -0.1) is 0 Å². The first kappa shape index (κ1) is 20.9. The molecule has 5 nitrogen and oxygen atoms in total. The van der Waals surface area contributed by atoms with E-state index in [2.05, 4.69) is 12.2 Å². The minimum atomic E-state index is -0.662. The van der Waals surface area contributed by atoms with Crippen LogP contribution in [0.1, 0.15) is 75.2 Å². The lowest BCUT2D eigenvalue weighted by atomic mass is 9.79. The van der Waals surface area contributed by atoms with Crippen LogP contribution in [0.3, 0.4) is 0 Å². The fraction of sp³-hybridized carbons (Fsp3) is 0.500. The van der Waals surface area contributed by atoms with Gasteiger partial charge in [0.15, 0.2) is 0 Å². The quantitative estimate of drug-likeness (QED) is 0.503. The van der Waals surface area contributed by atoms with Crippen molar-refractivity contribution < 1.29 is 19.5 Å². The molecule has 1 aromatic rings. The Kier molecular flexibility index (Phi) is 6.94. The van der Waals surface area contributed by atoms with Gasteiger partial charge in [-0.05, 0) is 18.3 Å². The minimum Gasteiger partial charge on any atom is -0.507 e. The van der Waals surface area contributed by atoms with Gasteiger partial charge in [0.1, 0.15) is 5.76 Å². The van der Waals surface area contributed by atoms with E-state index >= 15 is 0 Å². The molecule has 2 rings (SSSR count). The minimum absolute atomic E-state index is 0.00577. The van der Waals surface area contributed by atoms with Crippen molar-refractivity contribution >= 4 is 23.2 Å². The molecule has 5 heteroatoms. The Hall–Kier alpha value is -2.43. The van der Waals surface area contributed by atoms with E-state index in [9.17, 15) is 19.5 Å². The standard InChI is InChI=1S/C22H29NO4/c1-4-5-6-7-12-18(24)23-14-22(2,3)13-17-19(25)15-10-8-9-11-16(15)20(26)21(17)27/h8-11,25H,4-7,12-14H2,1-3H3,(H,23,24). The van der Waals surface area contributed by atoms with Crippen molar-refractivity contribution in [3.8, 4) is 0 Å². The number of benzene rings is 1. The van der Waals surface area contributed by atoms with Gasteiger partial charge in [0.2, 0.25) is 17.5 Å². The number of rotatable bonds is 9. The highest BCUT2D eigenvalue weighted by Crippen LogP contribution is 2.34. The predicted molar refractivity (Wildman–Crippen MR) is 105 cm³/mol. The van der Waals surface area contributed by atoms with E-state index in [-0.39, 0.29) is 29.2 Å². The van der Waals surface area contributed by atoms with Crippen molar-refractivity contribution in [1.29, 1.82) is 0 Å². The Balaban J connectivity index is 2.03. The van der Waals surface area contributed by atoms with Crippen LogP contribution in [0, 0.1) is 5.41 Å². The molecule has 27 heavy (non-hydrogen) atoms. The van der Waals surface area contributed by atoms with Crippen LogP contribution >= 0.6 is 0 Å². The van der Waals surface area contributed by atoms with Gasteiger partial charge >= 0.3 is 0 Å². The Morgan fingerprint density at radius 1 is 1.04 bits per heavy atom. The van der Waals surface area contributed by atoms with E-state index in [0.29, 0.717) is 18.5 Å². The molecule has 0 atom stereocenters. The largest absolute Gasteiger partial charge is 0.507 e. The summed E-state index contributed by atoms with van der Waals surface area (Å²) in [5.41, 5.74) is 0.292. The number of carbonyl (C=O) groups is 3. The van der Waals surface area contributed by atoms with Crippen molar-refractivity contribution in [2.45, 2.75) is 59.3 Å². The number of fused-ring (bicyclic) bond motifs is 1. The molecule has 1 amide bonds. The van der Waals surface area contributed by atoms with Crippen molar-refractivity contribution in [2.75, 3.05) is 6.54 Å². The van der Waals surface area contributed by atoms with E-state index in [1.807, 2.05) is 13.8 Å². The van der Waals surface area contributed by atoms with E-state index in [1.165, 1.54) is 0 Å². The molecule has 1 aliphatic rings. The number of nitrogens with one attached hydrogen (secondary N) is 1. The topological polar surface area (TPSA) is 83.5 Å². The monoisotopic (exact) mass is 371 g/mol. The van der Waals surface area contributed by atoms with Crippen molar-refractivity contribution in [3.63, 3.8) is 0 Å². The Bertz CT molecular complexity index is 761. The summed E-state index contributed by atoms with van der Waals surface area (Å²) in [5, 5.41) is 13.4. The molecule has 1 aliphatic carbocycles. The summed E-state index contributed by atoms with van der Waals surface area (Å²) in [6.45, 7) is 6.31. The number of hydrogen-bond donors (Lipinski definition) is 2. The van der Waals surface area contributed by atoms with E-state index < -0.39 is 17.0 Å². The zero-order chi connectivity index (χ0) is 20.0. The zero-order valence-corrected chi connectivity index (χ0v) is 16.4. The molecule has 0 aliphatic heterocycles. The molecule has 0 spiro atoms. The SMILES string of the molecule is CCCCCCC(=O)NCC(C)(C)CC1=C(O)c2ccccc2C(=O)C1=O. The van der Waals surface area contributed by atoms with Crippen LogP contribution in [0.25, 0.3) is 5.76 Å². The molecular formula is C22H29NO4. The summed E-state index contributed by atoms with van der Waals surface area (Å²) in [7, 11) is 0. The fourth-order valence-electron chi connectivity index (χ4n) is 3.26. The first-order chi connectivity index (χ1) is 12.8. The number of ketones is 2. The van der Waals surface area contributed by atoms with E-state index in [0.717, 1.165) is 25.7 Å². The molecule has 146 valence electrons. The van der Waals surface area contributed by atoms with Crippen molar-refractivity contribution in [2.24, 2.45) is 5.41 Å². The Labute approximate surface area is 160 Å². The molecule has 0 saturated carbocycles. The second-order valence-electron chi connectivity index (χ2n) is 7.96. The molecule has 0 bridgehead atoms. The van der Waals surface area contributed by atoms with Crippen LogP contribution in [0.2, 0.25) is 0 Å². The van der Waals surface area contributed by atoms with Gasteiger partial charge in [-0.25, -0.2) is 0 Å². The first-order valence-electron chi connectivity index (χ1n) is 9.64. The normalized spacial score (nSPS) is 14.3. The summed E-state index contributed by atoms with van der Waals surface area (Å²) < 4.78 is 0. The lowest BCUT2D eigenvalue weighted by Gasteiger charge is -2.28. The van der Waals surface area contributed by atoms with Gasteiger partial charge in [0, 0.05) is 29.7 Å². The second kappa shape index (κ2) is 8.98. The maximum absolute atomic E-state index is 12.5. The number of aliphatic hydroxyl groups is 1. The first-order valence-corrected chi connectivity index (χ1v) is 9.64. The van der Waals surface area contributed by atoms with Gasteiger partial charge in [-0.2, -0.15) is 0 Å². The third kappa shape index (κ3) is 5.28. The predicted octanol–water partition coefficient (Wildman–Crippen LogP) is 4.22. The lowest BCUT2D eigenvalue weighted by molar-refractivity contribution is -0.121. The highest BCUT2D eigenvalue weighted by atomic mass is 16.3. The third-order valence-corrected chi connectivity index (χ3v) is 4.87. The van der Waals surface area contributed by atoms with Crippen LogP contribution in [0.4, 0.5) is 0 Å². The van der Waals surface area contributed by atoms with Gasteiger partial charge in [0.05, 0.1) is 0 Å². The molecule has 0 aromatic heterocycles. The lowest BCUT2D eigenvalue weighted by Crippen LogP contribution is -2.36. The highest BCUT2D eigenvalue weighted by Gasteiger charge is 2.35. The van der Waals surface area contributed by atoms with Crippen LogP contribution in [-0.4, -0.2) is 29.1 Å². The fourth-order valence-corrected chi connectivity index (χ4v) is 3.26. The number of aliphatic hydroxyl groups excluding tert-OH is 1. The second-order valence-corrected chi connectivity index (χ2v) is 7.96. The molecule has 1 aromatic carbocycles. The summed E-state index contributed by atoms with van der Waals surface area (Å²) in [5.74, 6) is -1.39. The average Bonchev–Trinajstić information content (AvgIpc) is 2.65. The van der Waals surface area contributed by atoms with Gasteiger partial charge in [0.25, 0.3) is 0 Å². The maximum Gasteiger partial charge on any atom is 0.234 e. The summed E-state index contributed by atoms with van der Waals surface area (Å²) in [4.78, 5) is 36.8. The van der Waals surface area contributed by atoms with Gasteiger partial charge < -0.3 is 10.4 Å². The van der Waals surface area contributed by atoms with Crippen LogP contribution in [-0.2, 0) is 9.59 Å². The Morgan fingerprint density at radius 2 is 1.70 bits per heavy atom. The number of allylic oxidation sites excluding steroid dienone is 1. The van der Waals surface area contributed by atoms with E-state index in [1.54, 1.807) is 24.3 Å². The molecule has 0 saturated heterocycles.